The predicted octanol–water partition coefficient (Wildman–Crippen LogP) is 0.181. The largest absolute Gasteiger partial charge is 0.368 e. The van der Waals surface area contributed by atoms with Crippen LogP contribution in [-0.4, -0.2) is 59.0 Å². The number of piperidine rings is 1. The lowest BCUT2D eigenvalue weighted by Crippen LogP contribution is -2.48. The van der Waals surface area contributed by atoms with Crippen LogP contribution >= 0.6 is 0 Å². The van der Waals surface area contributed by atoms with E-state index in [0.29, 0.717) is 11.8 Å². The van der Waals surface area contributed by atoms with Gasteiger partial charge in [-0.15, -0.1) is 0 Å². The topological polar surface area (TPSA) is 100 Å². The van der Waals surface area contributed by atoms with Gasteiger partial charge in [0, 0.05) is 33.6 Å². The van der Waals surface area contributed by atoms with E-state index in [1.807, 2.05) is 19.0 Å². The Morgan fingerprint density at radius 2 is 2.14 bits per heavy atom. The fourth-order valence-electron chi connectivity index (χ4n) is 2.71. The van der Waals surface area contributed by atoms with Crippen LogP contribution in [0.3, 0.4) is 0 Å². The van der Waals surface area contributed by atoms with E-state index in [4.69, 9.17) is 5.73 Å². The van der Waals surface area contributed by atoms with Crippen molar-refractivity contribution >= 4 is 17.8 Å². The van der Waals surface area contributed by atoms with Crippen molar-refractivity contribution in [2.75, 3.05) is 37.8 Å². The normalized spacial score (nSPS) is 20.5. The van der Waals surface area contributed by atoms with E-state index >= 15 is 0 Å². The molecule has 0 saturated carbocycles. The first-order valence-corrected chi connectivity index (χ1v) is 7.56. The van der Waals surface area contributed by atoms with Crippen LogP contribution in [-0.2, 0) is 4.79 Å². The molecule has 0 radical (unpaired) electrons. The minimum absolute atomic E-state index is 0.0128. The molecule has 0 spiro atoms. The fraction of sp³-hybridized carbons (Fsp3) is 0.714. The first-order valence-electron chi connectivity index (χ1n) is 7.56. The molecule has 1 saturated heterocycles. The highest BCUT2D eigenvalue weighted by molar-refractivity contribution is 5.73. The summed E-state index contributed by atoms with van der Waals surface area (Å²) < 4.78 is 0. The van der Waals surface area contributed by atoms with E-state index < -0.39 is 0 Å². The SMILES string of the molecule is CC(=O)NC1CCCN(C(C)c2nc(N)nc(N(C)C)n2)C1. The molecule has 2 rings (SSSR count). The van der Waals surface area contributed by atoms with E-state index in [-0.39, 0.29) is 23.9 Å². The second-order valence-electron chi connectivity index (χ2n) is 5.96. The Morgan fingerprint density at radius 3 is 2.77 bits per heavy atom. The minimum atomic E-state index is 0.0128. The van der Waals surface area contributed by atoms with Gasteiger partial charge in [0.25, 0.3) is 0 Å². The number of anilines is 2. The van der Waals surface area contributed by atoms with Crippen molar-refractivity contribution in [1.82, 2.24) is 25.2 Å². The summed E-state index contributed by atoms with van der Waals surface area (Å²) in [5.41, 5.74) is 5.79. The van der Waals surface area contributed by atoms with Gasteiger partial charge in [0.15, 0.2) is 5.82 Å². The molecule has 3 N–H and O–H groups in total. The summed E-state index contributed by atoms with van der Waals surface area (Å²) in [6, 6.07) is 0.210. The van der Waals surface area contributed by atoms with Gasteiger partial charge in [-0.3, -0.25) is 9.69 Å². The van der Waals surface area contributed by atoms with Gasteiger partial charge < -0.3 is 16.0 Å². The molecule has 2 heterocycles. The highest BCUT2D eigenvalue weighted by Crippen LogP contribution is 2.23. The Kier molecular flexibility index (Phi) is 5.12. The summed E-state index contributed by atoms with van der Waals surface area (Å²) >= 11 is 0. The Balaban J connectivity index is 2.13. The second-order valence-corrected chi connectivity index (χ2v) is 5.96. The first-order chi connectivity index (χ1) is 10.4. The molecule has 22 heavy (non-hydrogen) atoms. The zero-order valence-electron chi connectivity index (χ0n) is 13.7. The molecular formula is C14H25N7O. The maximum atomic E-state index is 11.2. The number of nitrogens with zero attached hydrogens (tertiary/aromatic N) is 5. The van der Waals surface area contributed by atoms with Crippen LogP contribution in [0.25, 0.3) is 0 Å². The number of hydrogen-bond donors (Lipinski definition) is 2. The summed E-state index contributed by atoms with van der Waals surface area (Å²) in [4.78, 5) is 28.2. The van der Waals surface area contributed by atoms with Gasteiger partial charge in [0.05, 0.1) is 6.04 Å². The van der Waals surface area contributed by atoms with Crippen LogP contribution in [0.15, 0.2) is 0 Å². The lowest BCUT2D eigenvalue weighted by molar-refractivity contribution is -0.120. The molecule has 8 nitrogen and oxygen atoms in total. The van der Waals surface area contributed by atoms with Crippen LogP contribution in [0.1, 0.15) is 38.6 Å². The number of rotatable bonds is 4. The number of likely N-dealkylation sites (tertiary alicyclic amines) is 1. The molecule has 1 aromatic rings. The Bertz CT molecular complexity index is 534. The molecule has 1 aromatic heterocycles. The van der Waals surface area contributed by atoms with E-state index in [0.717, 1.165) is 25.9 Å². The number of nitrogens with one attached hydrogen (secondary N) is 1. The van der Waals surface area contributed by atoms with Gasteiger partial charge in [-0.2, -0.15) is 15.0 Å². The van der Waals surface area contributed by atoms with Gasteiger partial charge in [-0.25, -0.2) is 0 Å². The Labute approximate surface area is 131 Å². The molecule has 122 valence electrons. The highest BCUT2D eigenvalue weighted by atomic mass is 16.1. The quantitative estimate of drug-likeness (QED) is 0.818. The van der Waals surface area contributed by atoms with E-state index in [1.165, 1.54) is 0 Å². The van der Waals surface area contributed by atoms with Crippen molar-refractivity contribution < 1.29 is 4.79 Å². The number of carbonyl (C=O) groups excluding carboxylic acids is 1. The van der Waals surface area contributed by atoms with E-state index in [1.54, 1.807) is 6.92 Å². The fourth-order valence-corrected chi connectivity index (χ4v) is 2.71. The molecule has 0 bridgehead atoms. The van der Waals surface area contributed by atoms with Gasteiger partial charge in [-0.05, 0) is 26.3 Å². The molecule has 1 fully saturated rings. The van der Waals surface area contributed by atoms with Crippen molar-refractivity contribution in [3.05, 3.63) is 5.82 Å². The molecular weight excluding hydrogens is 282 g/mol. The molecule has 0 aromatic carbocycles. The number of hydrogen-bond acceptors (Lipinski definition) is 7. The molecule has 2 atom stereocenters. The van der Waals surface area contributed by atoms with E-state index in [2.05, 4.69) is 32.1 Å². The molecule has 1 aliphatic rings. The highest BCUT2D eigenvalue weighted by Gasteiger charge is 2.26. The van der Waals surface area contributed by atoms with Crippen LogP contribution < -0.4 is 16.0 Å². The maximum absolute atomic E-state index is 11.2. The molecule has 1 amide bonds. The average Bonchev–Trinajstić information content (AvgIpc) is 2.45. The smallest absolute Gasteiger partial charge is 0.229 e. The number of aromatic nitrogens is 3. The molecule has 0 aliphatic carbocycles. The summed E-state index contributed by atoms with van der Waals surface area (Å²) in [7, 11) is 3.74. The van der Waals surface area contributed by atoms with Crippen LogP contribution in [0.5, 0.6) is 0 Å². The summed E-state index contributed by atoms with van der Waals surface area (Å²) in [5, 5.41) is 2.99. The van der Waals surface area contributed by atoms with Crippen molar-refractivity contribution in [2.45, 2.75) is 38.8 Å². The second kappa shape index (κ2) is 6.87. The number of nitrogens with two attached hydrogens (primary N) is 1. The monoisotopic (exact) mass is 307 g/mol. The lowest BCUT2D eigenvalue weighted by atomic mass is 10.0. The van der Waals surface area contributed by atoms with Crippen LogP contribution in [0.4, 0.5) is 11.9 Å². The molecule has 2 unspecified atom stereocenters. The standard InChI is InChI=1S/C14H25N7O/c1-9(12-17-13(15)19-14(18-12)20(3)4)21-7-5-6-11(8-21)16-10(2)22/h9,11H,5-8H2,1-4H3,(H,16,22)(H2,15,17,18,19). The van der Waals surface area contributed by atoms with Crippen molar-refractivity contribution in [1.29, 1.82) is 0 Å². The summed E-state index contributed by atoms with van der Waals surface area (Å²) in [6.07, 6.45) is 2.04. The third-order valence-electron chi connectivity index (χ3n) is 3.84. The summed E-state index contributed by atoms with van der Waals surface area (Å²) in [6.45, 7) is 5.37. The third kappa shape index (κ3) is 4.03. The number of carbonyl (C=O) groups is 1. The summed E-state index contributed by atoms with van der Waals surface area (Å²) in [5.74, 6) is 1.47. The van der Waals surface area contributed by atoms with Gasteiger partial charge in [0.1, 0.15) is 0 Å². The Hall–Kier alpha value is -1.96. The van der Waals surface area contributed by atoms with Crippen LogP contribution in [0, 0.1) is 0 Å². The van der Waals surface area contributed by atoms with Crippen molar-refractivity contribution in [3.8, 4) is 0 Å². The van der Waals surface area contributed by atoms with Gasteiger partial charge >= 0.3 is 0 Å². The van der Waals surface area contributed by atoms with Gasteiger partial charge in [0.2, 0.25) is 17.8 Å². The molecule has 8 heteroatoms. The Morgan fingerprint density at radius 1 is 1.41 bits per heavy atom. The number of nitrogen functional groups attached to an aromatic ring is 1. The van der Waals surface area contributed by atoms with E-state index in [9.17, 15) is 4.79 Å². The maximum Gasteiger partial charge on any atom is 0.229 e. The first kappa shape index (κ1) is 16.4. The van der Waals surface area contributed by atoms with Gasteiger partial charge in [-0.1, -0.05) is 0 Å². The third-order valence-corrected chi connectivity index (χ3v) is 3.84. The molecule has 1 aliphatic heterocycles. The lowest BCUT2D eigenvalue weighted by Gasteiger charge is -2.36. The minimum Gasteiger partial charge on any atom is -0.368 e. The van der Waals surface area contributed by atoms with Crippen molar-refractivity contribution in [2.24, 2.45) is 0 Å². The number of amides is 1. The zero-order chi connectivity index (χ0) is 16.3. The van der Waals surface area contributed by atoms with Crippen LogP contribution in [0.2, 0.25) is 0 Å². The zero-order valence-corrected chi connectivity index (χ0v) is 13.7. The van der Waals surface area contributed by atoms with Crippen molar-refractivity contribution in [3.63, 3.8) is 0 Å². The predicted molar refractivity (Wildman–Crippen MR) is 85.4 cm³/mol. The average molecular weight is 307 g/mol.